The first kappa shape index (κ1) is 14.8. The van der Waals surface area contributed by atoms with Crippen LogP contribution in [0.1, 0.15) is 17.2 Å². The van der Waals surface area contributed by atoms with Crippen molar-refractivity contribution in [1.82, 2.24) is 10.4 Å². The van der Waals surface area contributed by atoms with E-state index in [2.05, 4.69) is 26.3 Å². The minimum Gasteiger partial charge on any atom is -0.271 e. The molecule has 0 aliphatic carbocycles. The summed E-state index contributed by atoms with van der Waals surface area (Å²) in [4.78, 5) is 4.13. The second kappa shape index (κ2) is 6.68. The molecule has 6 heteroatoms. The van der Waals surface area contributed by atoms with Crippen molar-refractivity contribution in [3.8, 4) is 0 Å². The molecule has 1 aromatic carbocycles. The van der Waals surface area contributed by atoms with Crippen LogP contribution in [0.3, 0.4) is 0 Å². The van der Waals surface area contributed by atoms with Gasteiger partial charge in [-0.15, -0.1) is 0 Å². The van der Waals surface area contributed by atoms with E-state index < -0.39 is 0 Å². The van der Waals surface area contributed by atoms with Crippen LogP contribution in [0.5, 0.6) is 0 Å². The van der Waals surface area contributed by atoms with E-state index in [9.17, 15) is 0 Å². The number of halogens is 3. The van der Waals surface area contributed by atoms with E-state index >= 15 is 0 Å². The van der Waals surface area contributed by atoms with Crippen LogP contribution in [0.2, 0.25) is 10.0 Å². The van der Waals surface area contributed by atoms with E-state index in [-0.39, 0.29) is 6.04 Å². The number of hydrogen-bond donors (Lipinski definition) is 2. The fraction of sp³-hybridized carbons (Fsp3) is 0.154. The van der Waals surface area contributed by atoms with Gasteiger partial charge in [-0.1, -0.05) is 29.3 Å². The summed E-state index contributed by atoms with van der Waals surface area (Å²) < 4.78 is 0.940. The molecule has 0 aliphatic heterocycles. The molecule has 0 bridgehead atoms. The van der Waals surface area contributed by atoms with Gasteiger partial charge in [0, 0.05) is 16.9 Å². The van der Waals surface area contributed by atoms with Crippen LogP contribution in [-0.2, 0) is 6.42 Å². The highest BCUT2D eigenvalue weighted by Gasteiger charge is 2.12. The second-order valence-corrected chi connectivity index (χ2v) is 5.84. The summed E-state index contributed by atoms with van der Waals surface area (Å²) in [7, 11) is 0. The number of pyridine rings is 1. The quantitative estimate of drug-likeness (QED) is 0.642. The number of aromatic nitrogens is 1. The maximum Gasteiger partial charge on any atom is 0.0595 e. The summed E-state index contributed by atoms with van der Waals surface area (Å²) in [6.45, 7) is 0. The van der Waals surface area contributed by atoms with Gasteiger partial charge >= 0.3 is 0 Å². The zero-order valence-electron chi connectivity index (χ0n) is 9.91. The first-order valence-corrected chi connectivity index (χ1v) is 7.15. The molecular weight excluding hydrogens is 349 g/mol. The summed E-state index contributed by atoms with van der Waals surface area (Å²) in [5.41, 5.74) is 4.84. The first-order valence-electron chi connectivity index (χ1n) is 5.60. The largest absolute Gasteiger partial charge is 0.271 e. The van der Waals surface area contributed by atoms with Crippen LogP contribution in [0.4, 0.5) is 0 Å². The van der Waals surface area contributed by atoms with Crippen molar-refractivity contribution in [3.63, 3.8) is 0 Å². The fourth-order valence-electron chi connectivity index (χ4n) is 1.81. The molecule has 1 unspecified atom stereocenters. The van der Waals surface area contributed by atoms with Gasteiger partial charge in [0.2, 0.25) is 0 Å². The molecule has 19 heavy (non-hydrogen) atoms. The summed E-state index contributed by atoms with van der Waals surface area (Å²) in [6, 6.07) is 7.45. The second-order valence-electron chi connectivity index (χ2n) is 4.11. The summed E-state index contributed by atoms with van der Waals surface area (Å²) in [5.74, 6) is 5.62. The third kappa shape index (κ3) is 3.91. The van der Waals surface area contributed by atoms with Crippen LogP contribution in [-0.4, -0.2) is 4.98 Å². The Labute approximate surface area is 130 Å². The molecule has 0 amide bonds. The van der Waals surface area contributed by atoms with Crippen molar-refractivity contribution in [2.45, 2.75) is 12.5 Å². The summed E-state index contributed by atoms with van der Waals surface area (Å²) in [6.07, 6.45) is 4.26. The monoisotopic (exact) mass is 359 g/mol. The van der Waals surface area contributed by atoms with Crippen LogP contribution >= 0.6 is 39.1 Å². The Kier molecular flexibility index (Phi) is 5.19. The molecule has 1 aromatic heterocycles. The van der Waals surface area contributed by atoms with Gasteiger partial charge in [-0.3, -0.25) is 16.3 Å². The highest BCUT2D eigenvalue weighted by molar-refractivity contribution is 9.10. The molecule has 2 rings (SSSR count). The Bertz CT molecular complexity index is 578. The first-order chi connectivity index (χ1) is 9.10. The van der Waals surface area contributed by atoms with E-state index in [1.807, 2.05) is 24.4 Å². The van der Waals surface area contributed by atoms with Crippen molar-refractivity contribution in [3.05, 3.63) is 62.3 Å². The van der Waals surface area contributed by atoms with Crippen molar-refractivity contribution < 1.29 is 0 Å². The van der Waals surface area contributed by atoms with Crippen LogP contribution in [0.15, 0.2) is 41.1 Å². The lowest BCUT2D eigenvalue weighted by molar-refractivity contribution is 0.551. The molecular formula is C13H12BrCl2N3. The Morgan fingerprint density at radius 2 is 2.00 bits per heavy atom. The van der Waals surface area contributed by atoms with Crippen LogP contribution < -0.4 is 11.3 Å². The third-order valence-electron chi connectivity index (χ3n) is 2.75. The van der Waals surface area contributed by atoms with Gasteiger partial charge in [0.1, 0.15) is 0 Å². The average Bonchev–Trinajstić information content (AvgIpc) is 2.39. The third-order valence-corrected chi connectivity index (χ3v) is 3.92. The Balaban J connectivity index is 2.22. The van der Waals surface area contributed by atoms with E-state index in [1.165, 1.54) is 0 Å². The Morgan fingerprint density at radius 1 is 1.21 bits per heavy atom. The normalized spacial score (nSPS) is 12.4. The zero-order chi connectivity index (χ0) is 13.8. The Hall–Kier alpha value is -0.650. The van der Waals surface area contributed by atoms with E-state index in [1.54, 1.807) is 12.3 Å². The van der Waals surface area contributed by atoms with Gasteiger partial charge in [0.05, 0.1) is 16.1 Å². The van der Waals surface area contributed by atoms with E-state index in [4.69, 9.17) is 29.0 Å². The lowest BCUT2D eigenvalue weighted by Crippen LogP contribution is -2.29. The maximum atomic E-state index is 6.02. The minimum absolute atomic E-state index is 0.0501. The average molecular weight is 361 g/mol. The van der Waals surface area contributed by atoms with E-state index in [0.29, 0.717) is 16.5 Å². The smallest absolute Gasteiger partial charge is 0.0595 e. The molecule has 3 N–H and O–H groups in total. The molecule has 0 radical (unpaired) electrons. The number of hydrogen-bond acceptors (Lipinski definition) is 3. The summed E-state index contributed by atoms with van der Waals surface area (Å²) >= 11 is 15.3. The molecule has 0 saturated carbocycles. The topological polar surface area (TPSA) is 50.9 Å². The van der Waals surface area contributed by atoms with Crippen molar-refractivity contribution in [2.24, 2.45) is 5.84 Å². The standard InChI is InChI=1S/C13H12BrCl2N3/c14-10-3-8(6-18-7-10)4-13(19-17)9-1-2-11(15)12(16)5-9/h1-3,5-7,13,19H,4,17H2. The molecule has 0 aliphatic rings. The lowest BCUT2D eigenvalue weighted by Gasteiger charge is -2.17. The van der Waals surface area contributed by atoms with Gasteiger partial charge in [0.25, 0.3) is 0 Å². The molecule has 1 heterocycles. The molecule has 3 nitrogen and oxygen atoms in total. The summed E-state index contributed by atoms with van der Waals surface area (Å²) in [5, 5.41) is 1.05. The van der Waals surface area contributed by atoms with Gasteiger partial charge in [0.15, 0.2) is 0 Å². The molecule has 100 valence electrons. The predicted octanol–water partition coefficient (Wildman–Crippen LogP) is 3.90. The predicted molar refractivity (Wildman–Crippen MR) is 82.2 cm³/mol. The molecule has 0 fully saturated rings. The van der Waals surface area contributed by atoms with Gasteiger partial charge in [-0.05, 0) is 51.7 Å². The highest BCUT2D eigenvalue weighted by Crippen LogP contribution is 2.27. The van der Waals surface area contributed by atoms with Crippen LogP contribution in [0.25, 0.3) is 0 Å². The fourth-order valence-corrected chi connectivity index (χ4v) is 2.52. The molecule has 0 saturated heterocycles. The highest BCUT2D eigenvalue weighted by atomic mass is 79.9. The van der Waals surface area contributed by atoms with E-state index in [0.717, 1.165) is 15.6 Å². The molecule has 2 aromatic rings. The number of nitrogens with one attached hydrogen (secondary N) is 1. The minimum atomic E-state index is -0.0501. The van der Waals surface area contributed by atoms with Gasteiger partial charge in [-0.2, -0.15) is 0 Å². The number of nitrogens with two attached hydrogens (primary N) is 1. The molecule has 0 spiro atoms. The SMILES string of the molecule is NNC(Cc1cncc(Br)c1)c1ccc(Cl)c(Cl)c1. The van der Waals surface area contributed by atoms with Crippen molar-refractivity contribution in [1.29, 1.82) is 0 Å². The number of benzene rings is 1. The lowest BCUT2D eigenvalue weighted by atomic mass is 10.0. The zero-order valence-corrected chi connectivity index (χ0v) is 13.0. The Morgan fingerprint density at radius 3 is 2.63 bits per heavy atom. The number of hydrazine groups is 1. The number of rotatable bonds is 4. The van der Waals surface area contributed by atoms with Crippen LogP contribution in [0, 0.1) is 0 Å². The van der Waals surface area contributed by atoms with Crippen molar-refractivity contribution >= 4 is 39.1 Å². The number of nitrogens with zero attached hydrogens (tertiary/aromatic N) is 1. The van der Waals surface area contributed by atoms with Crippen molar-refractivity contribution in [2.75, 3.05) is 0 Å². The van der Waals surface area contributed by atoms with Gasteiger partial charge in [-0.25, -0.2) is 0 Å². The maximum absolute atomic E-state index is 6.02. The van der Waals surface area contributed by atoms with Gasteiger partial charge < -0.3 is 0 Å². The molecule has 1 atom stereocenters.